The molecule has 3 heteroatoms. The van der Waals surface area contributed by atoms with Gasteiger partial charge in [-0.3, -0.25) is 0 Å². The van der Waals surface area contributed by atoms with Gasteiger partial charge in [0.15, 0.2) is 0 Å². The Morgan fingerprint density at radius 1 is 1.12 bits per heavy atom. The molecule has 0 saturated carbocycles. The van der Waals surface area contributed by atoms with Crippen molar-refractivity contribution in [2.45, 2.75) is 45.1 Å². The summed E-state index contributed by atoms with van der Waals surface area (Å²) in [6.07, 6.45) is 6.24. The van der Waals surface area contributed by atoms with E-state index in [1.54, 1.807) is 0 Å². The standard InChI is InChI=1S/C14H27NO2/c1-2-6-15-14(10-12-3-7-17-11-12)13-4-8-16-9-5-13/h12-15H,2-11H2,1H3. The summed E-state index contributed by atoms with van der Waals surface area (Å²) in [6, 6.07) is 0.686. The van der Waals surface area contributed by atoms with Crippen LogP contribution in [-0.4, -0.2) is 39.0 Å². The molecule has 2 aliphatic heterocycles. The van der Waals surface area contributed by atoms with E-state index in [-0.39, 0.29) is 0 Å². The van der Waals surface area contributed by atoms with E-state index >= 15 is 0 Å². The molecular weight excluding hydrogens is 214 g/mol. The predicted octanol–water partition coefficient (Wildman–Crippen LogP) is 2.21. The predicted molar refractivity (Wildman–Crippen MR) is 69.2 cm³/mol. The summed E-state index contributed by atoms with van der Waals surface area (Å²) in [5.41, 5.74) is 0. The first-order chi connectivity index (χ1) is 8.40. The number of nitrogens with one attached hydrogen (secondary N) is 1. The highest BCUT2D eigenvalue weighted by molar-refractivity contribution is 4.82. The van der Waals surface area contributed by atoms with E-state index in [0.717, 1.165) is 44.8 Å². The second kappa shape index (κ2) is 7.34. The molecule has 0 aromatic carbocycles. The van der Waals surface area contributed by atoms with Gasteiger partial charge in [-0.1, -0.05) is 6.92 Å². The molecule has 2 fully saturated rings. The van der Waals surface area contributed by atoms with E-state index in [1.165, 1.54) is 32.1 Å². The Kier molecular flexibility index (Phi) is 5.75. The average Bonchev–Trinajstić information content (AvgIpc) is 2.88. The third-order valence-corrected chi connectivity index (χ3v) is 4.10. The van der Waals surface area contributed by atoms with Crippen molar-refractivity contribution < 1.29 is 9.47 Å². The van der Waals surface area contributed by atoms with Crippen LogP contribution in [0.1, 0.15) is 39.0 Å². The molecule has 0 amide bonds. The molecule has 2 unspecified atom stereocenters. The van der Waals surface area contributed by atoms with Crippen molar-refractivity contribution >= 4 is 0 Å². The van der Waals surface area contributed by atoms with Gasteiger partial charge in [-0.15, -0.1) is 0 Å². The lowest BCUT2D eigenvalue weighted by Crippen LogP contribution is -2.40. The van der Waals surface area contributed by atoms with Crippen molar-refractivity contribution in [2.75, 3.05) is 33.0 Å². The first kappa shape index (κ1) is 13.3. The minimum atomic E-state index is 0.686. The van der Waals surface area contributed by atoms with Crippen LogP contribution in [0.2, 0.25) is 0 Å². The Balaban J connectivity index is 1.81. The highest BCUT2D eigenvalue weighted by atomic mass is 16.5. The largest absolute Gasteiger partial charge is 0.381 e. The Morgan fingerprint density at radius 3 is 2.53 bits per heavy atom. The minimum Gasteiger partial charge on any atom is -0.381 e. The lowest BCUT2D eigenvalue weighted by Gasteiger charge is -2.32. The molecule has 100 valence electrons. The van der Waals surface area contributed by atoms with Gasteiger partial charge in [-0.25, -0.2) is 0 Å². The van der Waals surface area contributed by atoms with Crippen molar-refractivity contribution in [3.63, 3.8) is 0 Å². The number of hydrogen-bond donors (Lipinski definition) is 1. The fourth-order valence-electron chi connectivity index (χ4n) is 3.02. The summed E-state index contributed by atoms with van der Waals surface area (Å²) in [5, 5.41) is 3.75. The molecule has 2 aliphatic rings. The van der Waals surface area contributed by atoms with Crippen LogP contribution in [0.3, 0.4) is 0 Å². The fourth-order valence-corrected chi connectivity index (χ4v) is 3.02. The van der Waals surface area contributed by atoms with Crippen molar-refractivity contribution in [1.29, 1.82) is 0 Å². The van der Waals surface area contributed by atoms with Gasteiger partial charge in [0, 0.05) is 32.5 Å². The lowest BCUT2D eigenvalue weighted by molar-refractivity contribution is 0.0497. The van der Waals surface area contributed by atoms with Crippen molar-refractivity contribution in [1.82, 2.24) is 5.32 Å². The summed E-state index contributed by atoms with van der Waals surface area (Å²) in [7, 11) is 0. The van der Waals surface area contributed by atoms with Crippen LogP contribution in [0.15, 0.2) is 0 Å². The van der Waals surface area contributed by atoms with Crippen molar-refractivity contribution in [2.24, 2.45) is 11.8 Å². The first-order valence-electron chi connectivity index (χ1n) is 7.29. The van der Waals surface area contributed by atoms with E-state index in [0.29, 0.717) is 6.04 Å². The lowest BCUT2D eigenvalue weighted by atomic mass is 9.85. The van der Waals surface area contributed by atoms with Gasteiger partial charge in [0.25, 0.3) is 0 Å². The van der Waals surface area contributed by atoms with Crippen LogP contribution in [0.5, 0.6) is 0 Å². The first-order valence-corrected chi connectivity index (χ1v) is 7.29. The van der Waals surface area contributed by atoms with Gasteiger partial charge in [0.1, 0.15) is 0 Å². The second-order valence-electron chi connectivity index (χ2n) is 5.48. The number of rotatable bonds is 6. The zero-order valence-electron chi connectivity index (χ0n) is 11.1. The smallest absolute Gasteiger partial charge is 0.0495 e. The molecule has 2 atom stereocenters. The van der Waals surface area contributed by atoms with E-state index in [9.17, 15) is 0 Å². The maximum Gasteiger partial charge on any atom is 0.0495 e. The van der Waals surface area contributed by atoms with E-state index < -0.39 is 0 Å². The fraction of sp³-hybridized carbons (Fsp3) is 1.00. The van der Waals surface area contributed by atoms with Gasteiger partial charge in [0.05, 0.1) is 0 Å². The second-order valence-corrected chi connectivity index (χ2v) is 5.48. The highest BCUT2D eigenvalue weighted by Gasteiger charge is 2.27. The summed E-state index contributed by atoms with van der Waals surface area (Å²) in [6.45, 7) is 7.25. The maximum atomic E-state index is 5.50. The Hall–Kier alpha value is -0.120. The zero-order valence-corrected chi connectivity index (χ0v) is 11.1. The van der Waals surface area contributed by atoms with Crippen LogP contribution in [0.25, 0.3) is 0 Å². The molecule has 2 saturated heterocycles. The van der Waals surface area contributed by atoms with Crippen LogP contribution in [0.4, 0.5) is 0 Å². The molecule has 3 nitrogen and oxygen atoms in total. The molecule has 0 aromatic rings. The molecule has 2 heterocycles. The van der Waals surface area contributed by atoms with E-state index in [4.69, 9.17) is 9.47 Å². The molecule has 0 aliphatic carbocycles. The van der Waals surface area contributed by atoms with Gasteiger partial charge in [-0.2, -0.15) is 0 Å². The minimum absolute atomic E-state index is 0.686. The molecule has 17 heavy (non-hydrogen) atoms. The topological polar surface area (TPSA) is 30.5 Å². The third kappa shape index (κ3) is 4.23. The molecule has 0 aromatic heterocycles. The average molecular weight is 241 g/mol. The summed E-state index contributed by atoms with van der Waals surface area (Å²) < 4.78 is 11.0. The van der Waals surface area contributed by atoms with Crippen molar-refractivity contribution in [3.8, 4) is 0 Å². The van der Waals surface area contributed by atoms with Crippen LogP contribution < -0.4 is 5.32 Å². The van der Waals surface area contributed by atoms with Gasteiger partial charge in [0.2, 0.25) is 0 Å². The number of ether oxygens (including phenoxy) is 2. The van der Waals surface area contributed by atoms with E-state index in [2.05, 4.69) is 12.2 Å². The molecular formula is C14H27NO2. The quantitative estimate of drug-likeness (QED) is 0.773. The van der Waals surface area contributed by atoms with Gasteiger partial charge in [-0.05, 0) is 50.5 Å². The van der Waals surface area contributed by atoms with Crippen molar-refractivity contribution in [3.05, 3.63) is 0 Å². The van der Waals surface area contributed by atoms with Gasteiger partial charge >= 0.3 is 0 Å². The van der Waals surface area contributed by atoms with E-state index in [1.807, 2.05) is 0 Å². The maximum absolute atomic E-state index is 5.50. The SMILES string of the molecule is CCCNC(CC1CCOC1)C1CCOCC1. The molecule has 0 spiro atoms. The molecule has 2 rings (SSSR count). The monoisotopic (exact) mass is 241 g/mol. The van der Waals surface area contributed by atoms with Crippen LogP contribution in [-0.2, 0) is 9.47 Å². The van der Waals surface area contributed by atoms with Crippen LogP contribution in [0, 0.1) is 11.8 Å². The third-order valence-electron chi connectivity index (χ3n) is 4.10. The number of hydrogen-bond acceptors (Lipinski definition) is 3. The van der Waals surface area contributed by atoms with Gasteiger partial charge < -0.3 is 14.8 Å². The normalized spacial score (nSPS) is 28.4. The summed E-state index contributed by atoms with van der Waals surface area (Å²) in [5.74, 6) is 1.60. The Labute approximate surface area is 105 Å². The molecule has 0 radical (unpaired) electrons. The Bertz CT molecular complexity index is 198. The molecule has 0 bridgehead atoms. The Morgan fingerprint density at radius 2 is 1.88 bits per heavy atom. The molecule has 1 N–H and O–H groups in total. The highest BCUT2D eigenvalue weighted by Crippen LogP contribution is 2.26. The summed E-state index contributed by atoms with van der Waals surface area (Å²) >= 11 is 0. The van der Waals surface area contributed by atoms with Crippen LogP contribution >= 0.6 is 0 Å². The summed E-state index contributed by atoms with van der Waals surface area (Å²) in [4.78, 5) is 0. The zero-order chi connectivity index (χ0) is 11.9.